The first-order valence-electron chi connectivity index (χ1n) is 10.5. The number of hydrogen-bond donors (Lipinski definition) is 2. The second-order valence-electron chi connectivity index (χ2n) is 7.37. The first kappa shape index (κ1) is 21.5. The Hall–Kier alpha value is -3.17. The summed E-state index contributed by atoms with van der Waals surface area (Å²) in [6.07, 6.45) is 3.61. The molecule has 0 aromatic carbocycles. The summed E-state index contributed by atoms with van der Waals surface area (Å²) in [5, 5.41) is 7.11. The number of carbonyl (C=O) groups is 1. The Balaban J connectivity index is 2.07. The number of rotatable bonds is 9. The van der Waals surface area contributed by atoms with E-state index in [0.717, 1.165) is 19.3 Å². The fraction of sp³-hybridized carbons (Fsp3) is 0.550. The minimum Gasteiger partial charge on any atom is -0.331 e. The zero-order chi connectivity index (χ0) is 21.8. The maximum Gasteiger partial charge on any atom is 0.332 e. The number of aromatic nitrogens is 6. The Kier molecular flexibility index (Phi) is 6.53. The van der Waals surface area contributed by atoms with Crippen molar-refractivity contribution < 1.29 is 4.79 Å². The Bertz CT molecular complexity index is 1170. The van der Waals surface area contributed by atoms with Crippen molar-refractivity contribution in [3.8, 4) is 11.5 Å². The van der Waals surface area contributed by atoms with E-state index in [1.165, 1.54) is 9.13 Å². The molecule has 0 spiro atoms. The lowest BCUT2D eigenvalue weighted by molar-refractivity contribution is -0.116. The van der Waals surface area contributed by atoms with Crippen LogP contribution in [0.25, 0.3) is 22.7 Å². The summed E-state index contributed by atoms with van der Waals surface area (Å²) in [6, 6.07) is 1.70. The summed E-state index contributed by atoms with van der Waals surface area (Å²) in [5.41, 5.74) is 0.514. The van der Waals surface area contributed by atoms with Crippen molar-refractivity contribution in [1.82, 2.24) is 28.9 Å². The predicted molar refractivity (Wildman–Crippen MR) is 116 cm³/mol. The van der Waals surface area contributed by atoms with E-state index in [9.17, 15) is 14.4 Å². The number of hydrogen-bond acceptors (Lipinski definition) is 5. The lowest BCUT2D eigenvalue weighted by Gasteiger charge is -2.09. The number of aromatic amines is 1. The van der Waals surface area contributed by atoms with E-state index in [0.29, 0.717) is 54.4 Å². The molecular formula is C20H29N7O3. The average molecular weight is 415 g/mol. The Labute approximate surface area is 173 Å². The van der Waals surface area contributed by atoms with Gasteiger partial charge in [0.05, 0.1) is 0 Å². The number of carbonyl (C=O) groups excluding carboxylic acids is 1. The summed E-state index contributed by atoms with van der Waals surface area (Å²) in [4.78, 5) is 45.3. The number of H-pyrrole nitrogens is 1. The summed E-state index contributed by atoms with van der Waals surface area (Å²) < 4.78 is 4.37. The van der Waals surface area contributed by atoms with Gasteiger partial charge in [0.15, 0.2) is 17.3 Å². The van der Waals surface area contributed by atoms with Crippen LogP contribution in [0.15, 0.2) is 15.7 Å². The van der Waals surface area contributed by atoms with Gasteiger partial charge in [-0.2, -0.15) is 5.10 Å². The van der Waals surface area contributed by atoms with Gasteiger partial charge in [0, 0.05) is 32.6 Å². The highest BCUT2D eigenvalue weighted by atomic mass is 16.2. The highest BCUT2D eigenvalue weighted by Gasteiger charge is 2.19. The standard InChI is InChI=1S/C20H29N7O3/c1-5-8-9-15(28)21-14-12-13(25(4)24-14)17-22-16-18(23-17)26(10-6-2)20(30)27(11-7-3)19(16)29/h12H,5-11H2,1-4H3,(H,22,23)(H,21,24,28). The number of amides is 1. The second kappa shape index (κ2) is 9.10. The molecule has 3 rings (SSSR count). The average Bonchev–Trinajstić information content (AvgIpc) is 3.30. The van der Waals surface area contributed by atoms with Gasteiger partial charge in [-0.3, -0.25) is 23.4 Å². The molecule has 3 aromatic rings. The highest BCUT2D eigenvalue weighted by Crippen LogP contribution is 2.21. The van der Waals surface area contributed by atoms with E-state index in [-0.39, 0.29) is 17.2 Å². The van der Waals surface area contributed by atoms with E-state index in [1.54, 1.807) is 17.8 Å². The highest BCUT2D eigenvalue weighted by molar-refractivity contribution is 5.90. The molecule has 2 N–H and O–H groups in total. The van der Waals surface area contributed by atoms with Crippen molar-refractivity contribution in [2.45, 2.75) is 66.0 Å². The molecule has 0 aliphatic heterocycles. The molecule has 0 bridgehead atoms. The van der Waals surface area contributed by atoms with Crippen LogP contribution < -0.4 is 16.6 Å². The molecule has 0 unspecified atom stereocenters. The minimum absolute atomic E-state index is 0.0923. The van der Waals surface area contributed by atoms with Crippen LogP contribution in [0.5, 0.6) is 0 Å². The van der Waals surface area contributed by atoms with E-state index >= 15 is 0 Å². The maximum atomic E-state index is 12.9. The van der Waals surface area contributed by atoms with Gasteiger partial charge in [-0.15, -0.1) is 0 Å². The fourth-order valence-corrected chi connectivity index (χ4v) is 3.43. The molecule has 0 atom stereocenters. The third kappa shape index (κ3) is 4.07. The molecule has 0 fully saturated rings. The smallest absolute Gasteiger partial charge is 0.331 e. The van der Waals surface area contributed by atoms with Crippen molar-refractivity contribution >= 4 is 22.9 Å². The molecule has 1 amide bonds. The van der Waals surface area contributed by atoms with Crippen molar-refractivity contribution in [3.05, 3.63) is 26.9 Å². The number of unbranched alkanes of at least 4 members (excludes halogenated alkanes) is 1. The number of anilines is 1. The molecule has 0 saturated heterocycles. The zero-order valence-electron chi connectivity index (χ0n) is 18.0. The van der Waals surface area contributed by atoms with Crippen LogP contribution in [0, 0.1) is 0 Å². The topological polar surface area (TPSA) is 120 Å². The van der Waals surface area contributed by atoms with Crippen LogP contribution in [-0.2, 0) is 24.9 Å². The normalized spacial score (nSPS) is 11.3. The molecule has 0 aliphatic carbocycles. The second-order valence-corrected chi connectivity index (χ2v) is 7.37. The molecule has 30 heavy (non-hydrogen) atoms. The molecule has 0 radical (unpaired) electrons. The molecule has 3 heterocycles. The quantitative estimate of drug-likeness (QED) is 0.555. The Morgan fingerprint density at radius 2 is 1.80 bits per heavy atom. The monoisotopic (exact) mass is 415 g/mol. The summed E-state index contributed by atoms with van der Waals surface area (Å²) in [5.74, 6) is 0.749. The van der Waals surface area contributed by atoms with Crippen molar-refractivity contribution in [2.75, 3.05) is 5.32 Å². The van der Waals surface area contributed by atoms with Crippen LogP contribution in [0.2, 0.25) is 0 Å². The van der Waals surface area contributed by atoms with Gasteiger partial charge in [0.25, 0.3) is 5.56 Å². The summed E-state index contributed by atoms with van der Waals surface area (Å²) >= 11 is 0. The summed E-state index contributed by atoms with van der Waals surface area (Å²) in [7, 11) is 1.73. The van der Waals surface area contributed by atoms with Crippen molar-refractivity contribution in [1.29, 1.82) is 0 Å². The van der Waals surface area contributed by atoms with Crippen LogP contribution >= 0.6 is 0 Å². The first-order valence-corrected chi connectivity index (χ1v) is 10.5. The van der Waals surface area contributed by atoms with Gasteiger partial charge in [0.2, 0.25) is 5.91 Å². The van der Waals surface area contributed by atoms with Crippen LogP contribution in [-0.4, -0.2) is 34.8 Å². The minimum atomic E-state index is -0.377. The third-order valence-electron chi connectivity index (χ3n) is 4.90. The molecule has 0 aliphatic rings. The maximum absolute atomic E-state index is 12.9. The molecule has 0 saturated carbocycles. The van der Waals surface area contributed by atoms with E-state index < -0.39 is 0 Å². The van der Waals surface area contributed by atoms with Gasteiger partial charge in [-0.25, -0.2) is 9.78 Å². The largest absolute Gasteiger partial charge is 0.332 e. The molecule has 3 aromatic heterocycles. The van der Waals surface area contributed by atoms with Crippen molar-refractivity contribution in [2.24, 2.45) is 7.05 Å². The number of fused-ring (bicyclic) bond motifs is 1. The molecule has 10 nitrogen and oxygen atoms in total. The molecule has 10 heteroatoms. The third-order valence-corrected chi connectivity index (χ3v) is 4.90. The first-order chi connectivity index (χ1) is 14.4. The fourth-order valence-electron chi connectivity index (χ4n) is 3.43. The van der Waals surface area contributed by atoms with Crippen LogP contribution in [0.3, 0.4) is 0 Å². The van der Waals surface area contributed by atoms with Crippen molar-refractivity contribution in [3.63, 3.8) is 0 Å². The Morgan fingerprint density at radius 3 is 2.47 bits per heavy atom. The Morgan fingerprint density at radius 1 is 1.10 bits per heavy atom. The van der Waals surface area contributed by atoms with E-state index in [1.807, 2.05) is 20.8 Å². The van der Waals surface area contributed by atoms with Gasteiger partial charge in [0.1, 0.15) is 11.2 Å². The number of aryl methyl sites for hydroxylation is 2. The van der Waals surface area contributed by atoms with Gasteiger partial charge < -0.3 is 10.3 Å². The van der Waals surface area contributed by atoms with E-state index in [4.69, 9.17) is 0 Å². The van der Waals surface area contributed by atoms with Gasteiger partial charge >= 0.3 is 5.69 Å². The zero-order valence-corrected chi connectivity index (χ0v) is 18.0. The number of nitrogens with one attached hydrogen (secondary N) is 2. The summed E-state index contributed by atoms with van der Waals surface area (Å²) in [6.45, 7) is 6.74. The molecule has 162 valence electrons. The number of nitrogens with zero attached hydrogens (tertiary/aromatic N) is 5. The van der Waals surface area contributed by atoms with Gasteiger partial charge in [-0.1, -0.05) is 27.2 Å². The lowest BCUT2D eigenvalue weighted by Crippen LogP contribution is -2.40. The molecular weight excluding hydrogens is 386 g/mol. The SMILES string of the molecule is CCCCC(=O)Nc1cc(-c2nc3c([nH]2)c(=O)n(CCC)c(=O)n3CCC)n(C)n1. The lowest BCUT2D eigenvalue weighted by atomic mass is 10.2. The van der Waals surface area contributed by atoms with Gasteiger partial charge in [-0.05, 0) is 19.3 Å². The predicted octanol–water partition coefficient (Wildman–Crippen LogP) is 2.24. The van der Waals surface area contributed by atoms with Crippen LogP contribution in [0.4, 0.5) is 5.82 Å². The van der Waals surface area contributed by atoms with Crippen LogP contribution in [0.1, 0.15) is 52.9 Å². The van der Waals surface area contributed by atoms with E-state index in [2.05, 4.69) is 20.4 Å². The number of imidazole rings is 1.